The van der Waals surface area contributed by atoms with Crippen LogP contribution in [0.1, 0.15) is 11.1 Å². The van der Waals surface area contributed by atoms with Crippen molar-refractivity contribution in [2.24, 2.45) is 0 Å². The molecule has 1 aromatic rings. The molecule has 3 nitrogen and oxygen atoms in total. The van der Waals surface area contributed by atoms with Crippen LogP contribution in [0.25, 0.3) is 0 Å². The highest BCUT2D eigenvalue weighted by Crippen LogP contribution is 2.28. The molecule has 0 saturated heterocycles. The van der Waals surface area contributed by atoms with Crippen LogP contribution < -0.4 is 5.32 Å². The number of amides is 1. The quantitative estimate of drug-likeness (QED) is 0.507. The van der Waals surface area contributed by atoms with Gasteiger partial charge in [0.1, 0.15) is 5.75 Å². The van der Waals surface area contributed by atoms with Crippen LogP contribution >= 0.6 is 15.9 Å². The third-order valence-electron chi connectivity index (χ3n) is 2.36. The van der Waals surface area contributed by atoms with E-state index in [-0.39, 0.29) is 11.7 Å². The van der Waals surface area contributed by atoms with Crippen LogP contribution in [0.5, 0.6) is 5.75 Å². The first kappa shape index (κ1) is 12.8. The first-order valence-corrected chi connectivity index (χ1v) is 6.03. The number of carbonyl (C=O) groups is 1. The van der Waals surface area contributed by atoms with Gasteiger partial charge < -0.3 is 10.4 Å². The molecule has 0 fully saturated rings. The molecule has 0 aromatic heterocycles. The van der Waals surface area contributed by atoms with Gasteiger partial charge in [0, 0.05) is 11.0 Å². The second-order valence-corrected chi connectivity index (χ2v) is 4.16. The molecule has 0 aliphatic rings. The molecule has 4 heteroatoms. The Morgan fingerprint density at radius 1 is 1.62 bits per heavy atom. The number of hydrogen-bond acceptors (Lipinski definition) is 2. The Morgan fingerprint density at radius 3 is 2.88 bits per heavy atom. The van der Waals surface area contributed by atoms with E-state index in [1.165, 1.54) is 6.08 Å². The molecule has 0 saturated carbocycles. The molecule has 1 rings (SSSR count). The summed E-state index contributed by atoms with van der Waals surface area (Å²) in [5.74, 6) is 0.00661. The molecule has 0 heterocycles. The lowest BCUT2D eigenvalue weighted by molar-refractivity contribution is -0.111. The van der Waals surface area contributed by atoms with E-state index in [1.54, 1.807) is 12.1 Å². The molecule has 0 radical (unpaired) electrons. The van der Waals surface area contributed by atoms with E-state index in [2.05, 4.69) is 27.8 Å². The largest absolute Gasteiger partial charge is 0.508 e. The monoisotopic (exact) mass is 283 g/mol. The second kappa shape index (κ2) is 5.70. The number of phenols is 1. The molecule has 0 spiro atoms. The Bertz CT molecular complexity index is 416. The number of benzene rings is 1. The topological polar surface area (TPSA) is 49.3 Å². The van der Waals surface area contributed by atoms with E-state index < -0.39 is 0 Å². The van der Waals surface area contributed by atoms with Crippen molar-refractivity contribution in [3.8, 4) is 5.75 Å². The van der Waals surface area contributed by atoms with E-state index in [4.69, 9.17) is 0 Å². The molecule has 1 amide bonds. The molecule has 16 heavy (non-hydrogen) atoms. The van der Waals surface area contributed by atoms with Gasteiger partial charge in [0.15, 0.2) is 0 Å². The van der Waals surface area contributed by atoms with Crippen LogP contribution in [0.3, 0.4) is 0 Å². The first-order valence-electron chi connectivity index (χ1n) is 4.91. The summed E-state index contributed by atoms with van der Waals surface area (Å²) in [5.41, 5.74) is 2.44. The van der Waals surface area contributed by atoms with Crippen molar-refractivity contribution in [1.82, 2.24) is 0 Å². The Labute approximate surface area is 103 Å². The maximum Gasteiger partial charge on any atom is 0.247 e. The summed E-state index contributed by atoms with van der Waals surface area (Å²) in [4.78, 5) is 11.2. The van der Waals surface area contributed by atoms with Crippen LogP contribution in [-0.2, 0) is 11.2 Å². The molecule has 0 unspecified atom stereocenters. The number of anilines is 1. The van der Waals surface area contributed by atoms with Crippen molar-refractivity contribution >= 4 is 27.5 Å². The van der Waals surface area contributed by atoms with E-state index in [1.807, 2.05) is 6.92 Å². The van der Waals surface area contributed by atoms with Crippen molar-refractivity contribution in [3.05, 3.63) is 35.9 Å². The van der Waals surface area contributed by atoms with E-state index >= 15 is 0 Å². The van der Waals surface area contributed by atoms with Gasteiger partial charge >= 0.3 is 0 Å². The molecule has 1 aromatic carbocycles. The number of aromatic hydroxyl groups is 1. The summed E-state index contributed by atoms with van der Waals surface area (Å²) in [7, 11) is 0. The number of nitrogens with one attached hydrogen (secondary N) is 1. The lowest BCUT2D eigenvalue weighted by Gasteiger charge is -2.12. The predicted molar refractivity (Wildman–Crippen MR) is 69.2 cm³/mol. The van der Waals surface area contributed by atoms with Gasteiger partial charge in [-0.2, -0.15) is 0 Å². The van der Waals surface area contributed by atoms with Crippen molar-refractivity contribution in [1.29, 1.82) is 0 Å². The predicted octanol–water partition coefficient (Wildman–Crippen LogP) is 2.76. The fraction of sp³-hybridized carbons (Fsp3) is 0.250. The minimum atomic E-state index is -0.251. The number of phenolic OH excluding ortho intramolecular Hbond substituents is 1. The third-order valence-corrected chi connectivity index (χ3v) is 2.76. The summed E-state index contributed by atoms with van der Waals surface area (Å²) < 4.78 is 0. The van der Waals surface area contributed by atoms with Crippen molar-refractivity contribution < 1.29 is 9.90 Å². The fourth-order valence-electron chi connectivity index (χ4n) is 1.47. The van der Waals surface area contributed by atoms with Crippen molar-refractivity contribution in [2.75, 3.05) is 10.6 Å². The Kier molecular flexibility index (Phi) is 4.55. The Balaban J connectivity index is 3.07. The Hall–Kier alpha value is -1.29. The van der Waals surface area contributed by atoms with E-state index in [0.29, 0.717) is 5.69 Å². The Morgan fingerprint density at radius 2 is 2.31 bits per heavy atom. The molecular formula is C12H14BrNO2. The van der Waals surface area contributed by atoms with Gasteiger partial charge in [-0.15, -0.1) is 0 Å². The highest BCUT2D eigenvalue weighted by atomic mass is 79.9. The number of rotatable bonds is 4. The fourth-order valence-corrected chi connectivity index (χ4v) is 1.87. The van der Waals surface area contributed by atoms with Crippen LogP contribution in [0.4, 0.5) is 5.69 Å². The lowest BCUT2D eigenvalue weighted by Crippen LogP contribution is -2.09. The molecule has 0 atom stereocenters. The molecule has 86 valence electrons. The highest BCUT2D eigenvalue weighted by Gasteiger charge is 2.09. The van der Waals surface area contributed by atoms with Gasteiger partial charge in [0.2, 0.25) is 5.91 Å². The van der Waals surface area contributed by atoms with Crippen LogP contribution in [0.2, 0.25) is 0 Å². The lowest BCUT2D eigenvalue weighted by atomic mass is 10.0. The van der Waals surface area contributed by atoms with Gasteiger partial charge in [-0.05, 0) is 42.7 Å². The van der Waals surface area contributed by atoms with Gasteiger partial charge in [-0.25, -0.2) is 0 Å². The molecule has 0 bridgehead atoms. The summed E-state index contributed by atoms with van der Waals surface area (Å²) >= 11 is 3.33. The summed E-state index contributed by atoms with van der Waals surface area (Å²) in [6, 6.07) is 3.27. The maximum absolute atomic E-state index is 11.2. The SMILES string of the molecule is C=CC(=O)Nc1ccc(O)c(CCBr)c1C. The summed E-state index contributed by atoms with van der Waals surface area (Å²) in [5, 5.41) is 13.2. The molecule has 2 N–H and O–H groups in total. The van der Waals surface area contributed by atoms with Crippen LogP contribution in [0, 0.1) is 6.92 Å². The second-order valence-electron chi connectivity index (χ2n) is 3.37. The average molecular weight is 284 g/mol. The third kappa shape index (κ3) is 2.85. The summed E-state index contributed by atoms with van der Waals surface area (Å²) in [6.45, 7) is 5.27. The number of alkyl halides is 1. The molecule has 0 aliphatic carbocycles. The van der Waals surface area contributed by atoms with Crippen molar-refractivity contribution in [2.45, 2.75) is 13.3 Å². The zero-order chi connectivity index (χ0) is 12.1. The minimum Gasteiger partial charge on any atom is -0.508 e. The van der Waals surface area contributed by atoms with Gasteiger partial charge in [-0.3, -0.25) is 4.79 Å². The zero-order valence-corrected chi connectivity index (χ0v) is 10.7. The molecular weight excluding hydrogens is 270 g/mol. The highest BCUT2D eigenvalue weighted by molar-refractivity contribution is 9.09. The number of halogens is 1. The summed E-state index contributed by atoms with van der Waals surface area (Å²) in [6.07, 6.45) is 1.94. The first-order chi connectivity index (χ1) is 7.60. The van der Waals surface area contributed by atoms with Crippen molar-refractivity contribution in [3.63, 3.8) is 0 Å². The zero-order valence-electron chi connectivity index (χ0n) is 9.09. The van der Waals surface area contributed by atoms with E-state index in [0.717, 1.165) is 22.9 Å². The average Bonchev–Trinajstić information content (AvgIpc) is 2.28. The molecule has 0 aliphatic heterocycles. The van der Waals surface area contributed by atoms with Crippen LogP contribution in [0.15, 0.2) is 24.8 Å². The van der Waals surface area contributed by atoms with Crippen LogP contribution in [-0.4, -0.2) is 16.3 Å². The van der Waals surface area contributed by atoms with E-state index in [9.17, 15) is 9.90 Å². The standard InChI is InChI=1S/C12H14BrNO2/c1-3-12(16)14-10-4-5-11(15)9(6-7-13)8(10)2/h3-5,15H,1,6-7H2,2H3,(H,14,16). The normalized spacial score (nSPS) is 9.88. The maximum atomic E-state index is 11.2. The van der Waals surface area contributed by atoms with Gasteiger partial charge in [0.05, 0.1) is 0 Å². The minimum absolute atomic E-state index is 0.251. The van der Waals surface area contributed by atoms with Gasteiger partial charge in [0.25, 0.3) is 0 Å². The number of hydrogen-bond donors (Lipinski definition) is 2. The smallest absolute Gasteiger partial charge is 0.247 e. The number of carbonyl (C=O) groups excluding carboxylic acids is 1. The van der Waals surface area contributed by atoms with Gasteiger partial charge in [-0.1, -0.05) is 22.5 Å².